The molecule has 84 valence electrons. The van der Waals surface area contributed by atoms with Gasteiger partial charge in [0.1, 0.15) is 3.70 Å². The van der Waals surface area contributed by atoms with Gasteiger partial charge in [-0.1, -0.05) is 0 Å². The van der Waals surface area contributed by atoms with Gasteiger partial charge in [-0.05, 0) is 22.6 Å². The molecule has 0 radical (unpaired) electrons. The van der Waals surface area contributed by atoms with E-state index in [4.69, 9.17) is 11.5 Å². The smallest absolute Gasteiger partial charge is 0.403 e. The number of aromatic nitrogens is 1. The number of halogens is 4. The molecule has 0 aromatic carbocycles. The van der Waals surface area contributed by atoms with Crippen LogP contribution in [0.5, 0.6) is 5.75 Å². The summed E-state index contributed by atoms with van der Waals surface area (Å²) in [5.74, 6) is -0.419. The highest BCUT2D eigenvalue weighted by Crippen LogP contribution is 2.29. The number of rotatable bonds is 2. The van der Waals surface area contributed by atoms with E-state index in [0.29, 0.717) is 5.69 Å². The zero-order valence-electron chi connectivity index (χ0n) is 7.31. The second-order valence-corrected chi connectivity index (χ2v) is 3.59. The molecular weight excluding hydrogens is 326 g/mol. The monoisotopic (exact) mass is 333 g/mol. The van der Waals surface area contributed by atoms with Crippen LogP contribution in [0.25, 0.3) is 0 Å². The Morgan fingerprint density at radius 1 is 1.47 bits per heavy atom. The highest BCUT2D eigenvalue weighted by molar-refractivity contribution is 14.1. The van der Waals surface area contributed by atoms with E-state index < -0.39 is 12.1 Å². The minimum atomic E-state index is -4.75. The van der Waals surface area contributed by atoms with Gasteiger partial charge in [-0.3, -0.25) is 0 Å². The van der Waals surface area contributed by atoms with Crippen LogP contribution in [0.2, 0.25) is 0 Å². The molecule has 0 aliphatic carbocycles. The average Bonchev–Trinajstić information content (AvgIpc) is 2.08. The SMILES string of the molecule is NCc1nc(I)c(OC(F)(F)F)cc1N. The second-order valence-electron chi connectivity index (χ2n) is 2.57. The minimum Gasteiger partial charge on any atom is -0.403 e. The third kappa shape index (κ3) is 3.38. The lowest BCUT2D eigenvalue weighted by atomic mass is 10.3. The lowest BCUT2D eigenvalue weighted by molar-refractivity contribution is -0.275. The van der Waals surface area contributed by atoms with Gasteiger partial charge in [0.2, 0.25) is 0 Å². The first kappa shape index (κ1) is 12.3. The summed E-state index contributed by atoms with van der Waals surface area (Å²) in [4.78, 5) is 3.79. The van der Waals surface area contributed by atoms with Crippen molar-refractivity contribution in [2.24, 2.45) is 5.73 Å². The van der Waals surface area contributed by atoms with Crippen LogP contribution in [0.1, 0.15) is 5.69 Å². The van der Waals surface area contributed by atoms with Crippen LogP contribution in [0.3, 0.4) is 0 Å². The molecule has 0 fully saturated rings. The molecule has 8 heteroatoms. The summed E-state index contributed by atoms with van der Waals surface area (Å²) < 4.78 is 39.5. The van der Waals surface area contributed by atoms with Gasteiger partial charge in [-0.2, -0.15) is 0 Å². The molecule has 0 bridgehead atoms. The number of anilines is 1. The average molecular weight is 333 g/mol. The van der Waals surface area contributed by atoms with Crippen LogP contribution >= 0.6 is 22.6 Å². The van der Waals surface area contributed by atoms with Crippen molar-refractivity contribution in [3.63, 3.8) is 0 Å². The minimum absolute atomic E-state index is 0.0636. The van der Waals surface area contributed by atoms with Gasteiger partial charge in [-0.25, -0.2) is 4.98 Å². The topological polar surface area (TPSA) is 74.2 Å². The Hall–Kier alpha value is -0.770. The molecule has 0 aliphatic rings. The number of nitrogens with zero attached hydrogens (tertiary/aromatic N) is 1. The Bertz CT molecular complexity index is 369. The van der Waals surface area contributed by atoms with Gasteiger partial charge in [0.25, 0.3) is 0 Å². The van der Waals surface area contributed by atoms with E-state index >= 15 is 0 Å². The zero-order valence-corrected chi connectivity index (χ0v) is 9.46. The second kappa shape index (κ2) is 4.39. The molecule has 1 aromatic heterocycles. The molecule has 0 saturated carbocycles. The molecule has 4 N–H and O–H groups in total. The molecule has 1 rings (SSSR count). The normalized spacial score (nSPS) is 11.5. The van der Waals surface area contributed by atoms with Gasteiger partial charge in [0, 0.05) is 12.6 Å². The number of nitrogen functional groups attached to an aromatic ring is 1. The summed E-state index contributed by atoms with van der Waals surface area (Å²) >= 11 is 1.62. The molecule has 0 spiro atoms. The van der Waals surface area contributed by atoms with Crippen LogP contribution in [0.4, 0.5) is 18.9 Å². The predicted molar refractivity (Wildman–Crippen MR) is 55.9 cm³/mol. The quantitative estimate of drug-likeness (QED) is 0.637. The summed E-state index contributed by atoms with van der Waals surface area (Å²) in [7, 11) is 0. The van der Waals surface area contributed by atoms with Crippen LogP contribution in [0.15, 0.2) is 6.07 Å². The molecule has 1 aromatic rings. The number of ether oxygens (including phenoxy) is 1. The maximum atomic E-state index is 11.9. The number of hydrogen-bond donors (Lipinski definition) is 2. The van der Waals surface area contributed by atoms with Crippen molar-refractivity contribution in [2.75, 3.05) is 5.73 Å². The zero-order chi connectivity index (χ0) is 11.6. The van der Waals surface area contributed by atoms with Gasteiger partial charge >= 0.3 is 6.36 Å². The van der Waals surface area contributed by atoms with E-state index in [1.807, 2.05) is 0 Å². The van der Waals surface area contributed by atoms with Crippen molar-refractivity contribution in [3.8, 4) is 5.75 Å². The fourth-order valence-corrected chi connectivity index (χ4v) is 1.44. The van der Waals surface area contributed by atoms with E-state index in [9.17, 15) is 13.2 Å². The highest BCUT2D eigenvalue weighted by atomic mass is 127. The maximum absolute atomic E-state index is 11.9. The Labute approximate surface area is 96.9 Å². The number of nitrogens with two attached hydrogens (primary N) is 2. The van der Waals surface area contributed by atoms with Crippen molar-refractivity contribution in [1.82, 2.24) is 4.98 Å². The maximum Gasteiger partial charge on any atom is 0.573 e. The van der Waals surface area contributed by atoms with Crippen LogP contribution in [-0.4, -0.2) is 11.3 Å². The number of hydrogen-bond acceptors (Lipinski definition) is 4. The van der Waals surface area contributed by atoms with E-state index in [1.54, 1.807) is 22.6 Å². The first-order valence-corrected chi connectivity index (χ1v) is 4.82. The van der Waals surface area contributed by atoms with E-state index in [1.165, 1.54) is 0 Å². The molecule has 15 heavy (non-hydrogen) atoms. The van der Waals surface area contributed by atoms with Crippen molar-refractivity contribution < 1.29 is 17.9 Å². The Kier molecular flexibility index (Phi) is 3.60. The fourth-order valence-electron chi connectivity index (χ4n) is 0.882. The summed E-state index contributed by atoms with van der Waals surface area (Å²) in [5.41, 5.74) is 11.1. The third-order valence-corrected chi connectivity index (χ3v) is 2.25. The third-order valence-electron chi connectivity index (χ3n) is 1.48. The van der Waals surface area contributed by atoms with E-state index in [-0.39, 0.29) is 15.9 Å². The molecule has 0 aliphatic heterocycles. The van der Waals surface area contributed by atoms with Crippen molar-refractivity contribution in [3.05, 3.63) is 15.5 Å². The first-order chi connectivity index (χ1) is 6.83. The lowest BCUT2D eigenvalue weighted by Crippen LogP contribution is -2.19. The highest BCUT2D eigenvalue weighted by Gasteiger charge is 2.32. The van der Waals surface area contributed by atoms with Crippen molar-refractivity contribution >= 4 is 28.3 Å². The van der Waals surface area contributed by atoms with Gasteiger partial charge in [-0.15, -0.1) is 13.2 Å². The predicted octanol–water partition coefficient (Wildman–Crippen LogP) is 1.63. The molecule has 1 heterocycles. The van der Waals surface area contributed by atoms with Crippen LogP contribution in [0, 0.1) is 3.70 Å². The molecule has 0 atom stereocenters. The Balaban J connectivity index is 3.05. The summed E-state index contributed by atoms with van der Waals surface area (Å²) in [5, 5.41) is 0. The Morgan fingerprint density at radius 3 is 2.53 bits per heavy atom. The number of pyridine rings is 1. The van der Waals surface area contributed by atoms with E-state index in [2.05, 4.69) is 9.72 Å². The largest absolute Gasteiger partial charge is 0.573 e. The number of alkyl halides is 3. The van der Waals surface area contributed by atoms with Gasteiger partial charge in [0.05, 0.1) is 11.4 Å². The molecule has 0 unspecified atom stereocenters. The molecule has 0 saturated heterocycles. The summed E-state index contributed by atoms with van der Waals surface area (Å²) in [6.45, 7) is 0.0636. The molecule has 4 nitrogen and oxygen atoms in total. The summed E-state index contributed by atoms with van der Waals surface area (Å²) in [6, 6.07) is 1.06. The summed E-state index contributed by atoms with van der Waals surface area (Å²) in [6.07, 6.45) is -4.75. The van der Waals surface area contributed by atoms with Gasteiger partial charge < -0.3 is 16.2 Å². The standard InChI is InChI=1S/C7H7F3IN3O/c8-7(9,10)15-5-1-3(13)4(2-12)14-6(5)11/h1H,2,12-13H2. The Morgan fingerprint density at radius 2 is 2.07 bits per heavy atom. The molecular formula is C7H7F3IN3O. The lowest BCUT2D eigenvalue weighted by Gasteiger charge is -2.12. The fraction of sp³-hybridized carbons (Fsp3) is 0.286. The van der Waals surface area contributed by atoms with Crippen molar-refractivity contribution in [1.29, 1.82) is 0 Å². The van der Waals surface area contributed by atoms with Crippen molar-refractivity contribution in [2.45, 2.75) is 12.9 Å². The molecule has 0 amide bonds. The van der Waals surface area contributed by atoms with E-state index in [0.717, 1.165) is 6.07 Å². The van der Waals surface area contributed by atoms with Crippen LogP contribution in [-0.2, 0) is 6.54 Å². The van der Waals surface area contributed by atoms with Gasteiger partial charge in [0.15, 0.2) is 5.75 Å². The first-order valence-electron chi connectivity index (χ1n) is 3.74. The van der Waals surface area contributed by atoms with Crippen LogP contribution < -0.4 is 16.2 Å².